The summed E-state index contributed by atoms with van der Waals surface area (Å²) in [5, 5.41) is 1.43. The Kier molecular flexibility index (Phi) is 4.09. The Labute approximate surface area is 118 Å². The maximum absolute atomic E-state index is 6.32. The van der Waals surface area contributed by atoms with E-state index in [0.29, 0.717) is 0 Å². The Balaban J connectivity index is 2.54. The topological polar surface area (TPSA) is 18.5 Å². The van der Waals surface area contributed by atoms with E-state index in [1.165, 1.54) is 10.7 Å². The van der Waals surface area contributed by atoms with E-state index in [2.05, 4.69) is 33.9 Å². The largest absolute Gasteiger partial charge is 0.554 e. The minimum Gasteiger partial charge on any atom is -0.554 e. The lowest BCUT2D eigenvalue weighted by Crippen LogP contribution is -2.41. The molecule has 1 aliphatic heterocycles. The number of para-hydroxylation sites is 2. The quantitative estimate of drug-likeness (QED) is 0.740. The molecule has 0 aromatic heterocycles. The molecule has 0 spiro atoms. The molecule has 19 heavy (non-hydrogen) atoms. The average Bonchev–Trinajstić information content (AvgIpc) is 2.38. The zero-order chi connectivity index (χ0) is 14.0. The van der Waals surface area contributed by atoms with Gasteiger partial charge in [0.05, 0.1) is 0 Å². The first kappa shape index (κ1) is 14.3. The summed E-state index contributed by atoms with van der Waals surface area (Å²) in [4.78, 5) is 0. The number of allylic oxidation sites excluding steroid dienone is 2. The highest BCUT2D eigenvalue weighted by Gasteiger charge is 2.36. The van der Waals surface area contributed by atoms with Crippen LogP contribution in [-0.4, -0.2) is 15.2 Å². The molecule has 1 heterocycles. The van der Waals surface area contributed by atoms with Crippen molar-refractivity contribution in [3.63, 3.8) is 0 Å². The van der Waals surface area contributed by atoms with Gasteiger partial charge in [0.15, 0.2) is 0 Å². The van der Waals surface area contributed by atoms with E-state index in [1.807, 2.05) is 24.3 Å². The van der Waals surface area contributed by atoms with Crippen LogP contribution < -0.4 is 9.08 Å². The van der Waals surface area contributed by atoms with E-state index in [-0.39, 0.29) is 6.92 Å². The standard InChI is InChI=1S/C15H23BO2Si/c1-6-13-12(3)19(4,5)18-15-11-9-8-10-14(15)17-16(13)7-2/h8-11H,6-7H2,1-5H3/b13-12-. The van der Waals surface area contributed by atoms with Crippen molar-refractivity contribution in [2.75, 3.05) is 0 Å². The summed E-state index contributed by atoms with van der Waals surface area (Å²) >= 11 is 0. The summed E-state index contributed by atoms with van der Waals surface area (Å²) in [7, 11) is -1.87. The van der Waals surface area contributed by atoms with Crippen LogP contribution in [0.4, 0.5) is 0 Å². The molecule has 2 rings (SSSR count). The Morgan fingerprint density at radius 2 is 1.74 bits per heavy atom. The van der Waals surface area contributed by atoms with E-state index in [1.54, 1.807) is 0 Å². The van der Waals surface area contributed by atoms with Gasteiger partial charge in [-0.05, 0) is 44.9 Å². The molecule has 0 saturated heterocycles. The van der Waals surface area contributed by atoms with Crippen LogP contribution in [0, 0.1) is 0 Å². The molecule has 2 nitrogen and oxygen atoms in total. The van der Waals surface area contributed by atoms with Gasteiger partial charge in [0.2, 0.25) is 0 Å². The van der Waals surface area contributed by atoms with Gasteiger partial charge >= 0.3 is 6.92 Å². The van der Waals surface area contributed by atoms with Gasteiger partial charge in [-0.3, -0.25) is 0 Å². The molecule has 0 saturated carbocycles. The van der Waals surface area contributed by atoms with Crippen molar-refractivity contribution in [1.29, 1.82) is 0 Å². The smallest absolute Gasteiger partial charge is 0.387 e. The third kappa shape index (κ3) is 2.73. The minimum absolute atomic E-state index is 0.182. The lowest BCUT2D eigenvalue weighted by molar-refractivity contribution is 0.490. The molecule has 0 amide bonds. The lowest BCUT2D eigenvalue weighted by Gasteiger charge is -2.33. The highest BCUT2D eigenvalue weighted by atomic mass is 28.4. The number of benzene rings is 1. The molecule has 0 fully saturated rings. The van der Waals surface area contributed by atoms with Gasteiger partial charge < -0.3 is 9.08 Å². The van der Waals surface area contributed by atoms with Crippen LogP contribution in [-0.2, 0) is 0 Å². The number of hydrogen-bond donors (Lipinski definition) is 0. The molecule has 0 unspecified atom stereocenters. The Hall–Kier alpha value is -1.16. The van der Waals surface area contributed by atoms with E-state index in [4.69, 9.17) is 9.08 Å². The summed E-state index contributed by atoms with van der Waals surface area (Å²) in [5.74, 6) is 1.78. The predicted octanol–water partition coefficient (Wildman–Crippen LogP) is 4.48. The van der Waals surface area contributed by atoms with Crippen molar-refractivity contribution in [1.82, 2.24) is 0 Å². The van der Waals surface area contributed by atoms with Crippen LogP contribution in [0.1, 0.15) is 27.2 Å². The maximum Gasteiger partial charge on any atom is 0.387 e. The van der Waals surface area contributed by atoms with E-state index in [0.717, 1.165) is 24.2 Å². The number of fused-ring (bicyclic) bond motifs is 1. The van der Waals surface area contributed by atoms with Gasteiger partial charge in [0.1, 0.15) is 11.5 Å². The molecular weight excluding hydrogens is 251 g/mol. The van der Waals surface area contributed by atoms with Gasteiger partial charge in [0.25, 0.3) is 8.32 Å². The van der Waals surface area contributed by atoms with Crippen LogP contribution in [0.2, 0.25) is 19.4 Å². The summed E-state index contributed by atoms with van der Waals surface area (Å²) in [6.07, 6.45) is 2.03. The van der Waals surface area contributed by atoms with Crippen LogP contribution in [0.3, 0.4) is 0 Å². The minimum atomic E-state index is -1.87. The monoisotopic (exact) mass is 274 g/mol. The number of hydrogen-bond acceptors (Lipinski definition) is 2. The molecule has 0 atom stereocenters. The highest BCUT2D eigenvalue weighted by molar-refractivity contribution is 6.81. The molecule has 102 valence electrons. The fraction of sp³-hybridized carbons (Fsp3) is 0.467. The van der Waals surface area contributed by atoms with Crippen molar-refractivity contribution in [2.45, 2.75) is 46.6 Å². The molecule has 0 bridgehead atoms. The average molecular weight is 274 g/mol. The zero-order valence-electron chi connectivity index (χ0n) is 12.6. The summed E-state index contributed by atoms with van der Waals surface area (Å²) in [6, 6.07) is 8.04. The van der Waals surface area contributed by atoms with Crippen LogP contribution >= 0.6 is 0 Å². The molecule has 1 aromatic carbocycles. The van der Waals surface area contributed by atoms with Gasteiger partial charge in [-0.15, -0.1) is 0 Å². The van der Waals surface area contributed by atoms with Crippen molar-refractivity contribution >= 4 is 15.2 Å². The first-order valence-electron chi connectivity index (χ1n) is 7.14. The molecule has 4 heteroatoms. The van der Waals surface area contributed by atoms with Crippen LogP contribution in [0.25, 0.3) is 0 Å². The molecular formula is C15H23BO2Si. The third-order valence-electron chi connectivity index (χ3n) is 4.01. The zero-order valence-corrected chi connectivity index (χ0v) is 13.6. The fourth-order valence-corrected chi connectivity index (χ4v) is 4.64. The van der Waals surface area contributed by atoms with E-state index in [9.17, 15) is 0 Å². The second-order valence-electron chi connectivity index (χ2n) is 5.58. The van der Waals surface area contributed by atoms with Crippen LogP contribution in [0.5, 0.6) is 11.5 Å². The third-order valence-corrected chi connectivity index (χ3v) is 6.87. The van der Waals surface area contributed by atoms with E-state index >= 15 is 0 Å². The fourth-order valence-electron chi connectivity index (χ4n) is 2.66. The van der Waals surface area contributed by atoms with Gasteiger partial charge in [-0.1, -0.05) is 36.6 Å². The lowest BCUT2D eigenvalue weighted by atomic mass is 9.57. The second-order valence-corrected chi connectivity index (χ2v) is 9.55. The van der Waals surface area contributed by atoms with Crippen LogP contribution in [0.15, 0.2) is 34.9 Å². The van der Waals surface area contributed by atoms with Crippen molar-refractivity contribution in [3.8, 4) is 11.5 Å². The first-order valence-corrected chi connectivity index (χ1v) is 10.0. The SMILES string of the molecule is CCB1Oc2ccccc2O[Si](C)(C)/C(C)=C\1CC. The predicted molar refractivity (Wildman–Crippen MR) is 84.4 cm³/mol. The summed E-state index contributed by atoms with van der Waals surface area (Å²) in [5.41, 5.74) is 1.42. The summed E-state index contributed by atoms with van der Waals surface area (Å²) in [6.45, 7) is 11.3. The van der Waals surface area contributed by atoms with Crippen molar-refractivity contribution in [3.05, 3.63) is 34.9 Å². The maximum atomic E-state index is 6.32. The molecule has 0 N–H and O–H groups in total. The Bertz CT molecular complexity index is 497. The Morgan fingerprint density at radius 1 is 1.11 bits per heavy atom. The van der Waals surface area contributed by atoms with Gasteiger partial charge in [0, 0.05) is 0 Å². The van der Waals surface area contributed by atoms with E-state index < -0.39 is 8.32 Å². The second kappa shape index (κ2) is 5.45. The molecule has 0 radical (unpaired) electrons. The van der Waals surface area contributed by atoms with Crippen molar-refractivity contribution in [2.24, 2.45) is 0 Å². The molecule has 1 aliphatic rings. The van der Waals surface area contributed by atoms with Gasteiger partial charge in [-0.2, -0.15) is 0 Å². The summed E-state index contributed by atoms with van der Waals surface area (Å²) < 4.78 is 12.5. The van der Waals surface area contributed by atoms with Crippen molar-refractivity contribution < 1.29 is 9.08 Å². The normalized spacial score (nSPS) is 21.8. The number of rotatable bonds is 2. The Morgan fingerprint density at radius 3 is 2.32 bits per heavy atom. The first-order chi connectivity index (χ1) is 8.99. The molecule has 1 aromatic rings. The van der Waals surface area contributed by atoms with Gasteiger partial charge in [-0.25, -0.2) is 0 Å². The highest BCUT2D eigenvalue weighted by Crippen LogP contribution is 2.36. The molecule has 0 aliphatic carbocycles.